The molecular weight excluding hydrogens is 462 g/mol. The SMILES string of the molecule is COc1cccc(CN2C(=O)[C@]3(SCCN3C(=O)Nc3cccc(OC)c3)c3cc(C)ccc32)c1. The number of aryl methyl sites for hydroxylation is 1. The van der Waals surface area contributed by atoms with Crippen molar-refractivity contribution in [2.24, 2.45) is 0 Å². The molecule has 1 N–H and O–H groups in total. The Hall–Kier alpha value is -3.65. The second kappa shape index (κ2) is 9.19. The Kier molecular flexibility index (Phi) is 6.06. The number of anilines is 2. The van der Waals surface area contributed by atoms with Crippen molar-refractivity contribution in [2.75, 3.05) is 36.7 Å². The maximum Gasteiger partial charge on any atom is 0.323 e. The van der Waals surface area contributed by atoms with Crippen LogP contribution in [-0.4, -0.2) is 43.4 Å². The molecule has 1 fully saturated rings. The molecule has 35 heavy (non-hydrogen) atoms. The number of hydrogen-bond donors (Lipinski definition) is 1. The molecule has 0 unspecified atom stereocenters. The number of amides is 3. The van der Waals surface area contributed by atoms with Gasteiger partial charge in [-0.15, -0.1) is 11.8 Å². The van der Waals surface area contributed by atoms with Gasteiger partial charge in [-0.3, -0.25) is 9.69 Å². The molecule has 5 rings (SSSR count). The van der Waals surface area contributed by atoms with Gasteiger partial charge in [0, 0.05) is 29.6 Å². The molecule has 2 aliphatic heterocycles. The van der Waals surface area contributed by atoms with Crippen molar-refractivity contribution in [1.29, 1.82) is 0 Å². The molecule has 1 spiro atoms. The lowest BCUT2D eigenvalue weighted by Gasteiger charge is -2.33. The highest BCUT2D eigenvalue weighted by atomic mass is 32.2. The highest BCUT2D eigenvalue weighted by molar-refractivity contribution is 8.01. The molecule has 2 aliphatic rings. The molecule has 3 amide bonds. The predicted molar refractivity (Wildman–Crippen MR) is 138 cm³/mol. The van der Waals surface area contributed by atoms with E-state index in [2.05, 4.69) is 5.32 Å². The average Bonchev–Trinajstić information content (AvgIpc) is 3.41. The van der Waals surface area contributed by atoms with Crippen LogP contribution < -0.4 is 19.7 Å². The summed E-state index contributed by atoms with van der Waals surface area (Å²) in [4.78, 5) is 30.0. The molecule has 0 aromatic heterocycles. The van der Waals surface area contributed by atoms with Crippen LogP contribution in [0.4, 0.5) is 16.2 Å². The molecule has 1 atom stereocenters. The first kappa shape index (κ1) is 23.1. The maximum atomic E-state index is 14.2. The monoisotopic (exact) mass is 489 g/mol. The average molecular weight is 490 g/mol. The van der Waals surface area contributed by atoms with Crippen molar-refractivity contribution in [3.8, 4) is 11.5 Å². The summed E-state index contributed by atoms with van der Waals surface area (Å²) in [5.74, 6) is 1.94. The highest BCUT2D eigenvalue weighted by Gasteiger charge is 2.59. The number of carbonyl (C=O) groups excluding carboxylic acids is 2. The van der Waals surface area contributed by atoms with Crippen LogP contribution in [-0.2, 0) is 16.2 Å². The fraction of sp³-hybridized carbons (Fsp3) is 0.259. The van der Waals surface area contributed by atoms with E-state index in [1.165, 1.54) is 11.8 Å². The van der Waals surface area contributed by atoms with E-state index >= 15 is 0 Å². The van der Waals surface area contributed by atoms with Crippen LogP contribution in [0.25, 0.3) is 0 Å². The van der Waals surface area contributed by atoms with E-state index in [4.69, 9.17) is 9.47 Å². The molecule has 7 nitrogen and oxygen atoms in total. The lowest BCUT2D eigenvalue weighted by molar-refractivity contribution is -0.123. The Morgan fingerprint density at radius 2 is 1.77 bits per heavy atom. The van der Waals surface area contributed by atoms with Gasteiger partial charge in [0.2, 0.25) is 0 Å². The van der Waals surface area contributed by atoms with Crippen LogP contribution in [0.15, 0.2) is 66.7 Å². The fourth-order valence-corrected chi connectivity index (χ4v) is 6.18. The van der Waals surface area contributed by atoms with Crippen LogP contribution in [0.2, 0.25) is 0 Å². The van der Waals surface area contributed by atoms with Gasteiger partial charge < -0.3 is 19.7 Å². The Bertz CT molecular complexity index is 1300. The Morgan fingerprint density at radius 1 is 1.03 bits per heavy atom. The van der Waals surface area contributed by atoms with Gasteiger partial charge in [-0.1, -0.05) is 35.9 Å². The maximum absolute atomic E-state index is 14.2. The number of benzene rings is 3. The zero-order valence-electron chi connectivity index (χ0n) is 19.9. The van der Waals surface area contributed by atoms with Crippen molar-refractivity contribution in [1.82, 2.24) is 4.90 Å². The second-order valence-electron chi connectivity index (χ2n) is 8.57. The molecule has 180 valence electrons. The molecule has 0 aliphatic carbocycles. The number of thioether (sulfide) groups is 1. The lowest BCUT2D eigenvalue weighted by atomic mass is 10.0. The van der Waals surface area contributed by atoms with Gasteiger partial charge in [-0.05, 0) is 42.8 Å². The standard InChI is InChI=1S/C27H27N3O4S/c1-18-10-11-24-23(14-18)27(25(31)29(24)17-19-6-4-8-21(15-19)33-2)30(12-13-35-27)26(32)28-20-7-5-9-22(16-20)34-3/h4-11,14-16H,12-13,17H2,1-3H3,(H,28,32)/t27-/m1/s1. The summed E-state index contributed by atoms with van der Waals surface area (Å²) >= 11 is 1.51. The zero-order chi connectivity index (χ0) is 24.6. The van der Waals surface area contributed by atoms with Crippen molar-refractivity contribution in [2.45, 2.75) is 18.3 Å². The first-order valence-electron chi connectivity index (χ1n) is 11.4. The summed E-state index contributed by atoms with van der Waals surface area (Å²) < 4.78 is 10.6. The number of carbonyl (C=O) groups is 2. The second-order valence-corrected chi connectivity index (χ2v) is 9.86. The van der Waals surface area contributed by atoms with Gasteiger partial charge >= 0.3 is 6.03 Å². The molecule has 2 heterocycles. The Balaban J connectivity index is 1.51. The van der Waals surface area contributed by atoms with E-state index in [0.29, 0.717) is 30.3 Å². The van der Waals surface area contributed by atoms with E-state index in [1.54, 1.807) is 36.2 Å². The minimum absolute atomic E-state index is 0.107. The van der Waals surface area contributed by atoms with Gasteiger partial charge in [0.15, 0.2) is 4.87 Å². The smallest absolute Gasteiger partial charge is 0.323 e. The first-order chi connectivity index (χ1) is 17.0. The van der Waals surface area contributed by atoms with E-state index in [0.717, 1.165) is 28.1 Å². The van der Waals surface area contributed by atoms with Crippen LogP contribution in [0.5, 0.6) is 11.5 Å². The molecular formula is C27H27N3O4S. The third kappa shape index (κ3) is 3.97. The van der Waals surface area contributed by atoms with E-state index in [1.807, 2.05) is 61.5 Å². The van der Waals surface area contributed by atoms with E-state index < -0.39 is 4.87 Å². The number of nitrogens with zero attached hydrogens (tertiary/aromatic N) is 2. The summed E-state index contributed by atoms with van der Waals surface area (Å²) in [6, 6.07) is 20.6. The van der Waals surface area contributed by atoms with Crippen LogP contribution in [0, 0.1) is 6.92 Å². The molecule has 3 aromatic rings. The number of urea groups is 1. The Morgan fingerprint density at radius 3 is 2.54 bits per heavy atom. The molecule has 0 bridgehead atoms. The van der Waals surface area contributed by atoms with Crippen molar-refractivity contribution in [3.63, 3.8) is 0 Å². The van der Waals surface area contributed by atoms with Crippen molar-refractivity contribution >= 4 is 35.1 Å². The van der Waals surface area contributed by atoms with Gasteiger partial charge in [0.1, 0.15) is 11.5 Å². The van der Waals surface area contributed by atoms with Crippen molar-refractivity contribution in [3.05, 3.63) is 83.4 Å². The molecule has 8 heteroatoms. The number of ether oxygens (including phenoxy) is 2. The zero-order valence-corrected chi connectivity index (χ0v) is 20.7. The summed E-state index contributed by atoms with van der Waals surface area (Å²) in [6.07, 6.45) is 0. The molecule has 0 radical (unpaired) electrons. The minimum Gasteiger partial charge on any atom is -0.497 e. The lowest BCUT2D eigenvalue weighted by Crippen LogP contribution is -2.51. The van der Waals surface area contributed by atoms with Crippen molar-refractivity contribution < 1.29 is 19.1 Å². The number of nitrogens with one attached hydrogen (secondary N) is 1. The van der Waals surface area contributed by atoms with Crippen LogP contribution in [0.3, 0.4) is 0 Å². The number of hydrogen-bond acceptors (Lipinski definition) is 5. The van der Waals surface area contributed by atoms with Gasteiger partial charge in [0.25, 0.3) is 5.91 Å². The van der Waals surface area contributed by atoms with Gasteiger partial charge in [0.05, 0.1) is 26.5 Å². The van der Waals surface area contributed by atoms with E-state index in [9.17, 15) is 9.59 Å². The van der Waals surface area contributed by atoms with Crippen LogP contribution in [0.1, 0.15) is 16.7 Å². The summed E-state index contributed by atoms with van der Waals surface area (Å²) in [5, 5.41) is 2.96. The quantitative estimate of drug-likeness (QED) is 0.547. The van der Waals surface area contributed by atoms with Crippen LogP contribution >= 0.6 is 11.8 Å². The third-order valence-electron chi connectivity index (χ3n) is 6.39. The largest absolute Gasteiger partial charge is 0.497 e. The summed E-state index contributed by atoms with van der Waals surface area (Å²) in [5.41, 5.74) is 4.30. The topological polar surface area (TPSA) is 71.1 Å². The molecule has 1 saturated heterocycles. The number of rotatable bonds is 5. The highest BCUT2D eigenvalue weighted by Crippen LogP contribution is 2.54. The third-order valence-corrected chi connectivity index (χ3v) is 7.81. The first-order valence-corrected chi connectivity index (χ1v) is 12.4. The number of methoxy groups -OCH3 is 2. The Labute approximate surface area is 209 Å². The van der Waals surface area contributed by atoms with E-state index in [-0.39, 0.29) is 11.9 Å². The summed E-state index contributed by atoms with van der Waals surface area (Å²) in [6.45, 7) is 2.86. The fourth-order valence-electron chi connectivity index (χ4n) is 4.73. The predicted octanol–water partition coefficient (Wildman–Crippen LogP) is 4.99. The minimum atomic E-state index is -1.11. The molecule has 3 aromatic carbocycles. The summed E-state index contributed by atoms with van der Waals surface area (Å²) in [7, 11) is 3.21. The van der Waals surface area contributed by atoms with Gasteiger partial charge in [-0.2, -0.15) is 0 Å². The number of fused-ring (bicyclic) bond motifs is 2. The van der Waals surface area contributed by atoms with Gasteiger partial charge in [-0.25, -0.2) is 4.79 Å². The normalized spacial score (nSPS) is 18.7. The molecule has 0 saturated carbocycles.